The van der Waals surface area contributed by atoms with Crippen molar-refractivity contribution in [2.24, 2.45) is 0 Å². The molecule has 0 amide bonds. The molecule has 0 unspecified atom stereocenters. The quantitative estimate of drug-likeness (QED) is 0.227. The van der Waals surface area contributed by atoms with Crippen molar-refractivity contribution in [3.63, 3.8) is 0 Å². The molecular formula is C24H23N3O2S2. The minimum Gasteiger partial charge on any atom is -0.497 e. The van der Waals surface area contributed by atoms with Gasteiger partial charge in [-0.15, -0.1) is 22.0 Å². The molecule has 5 nitrogen and oxygen atoms in total. The Morgan fingerprint density at radius 2 is 1.45 bits per heavy atom. The van der Waals surface area contributed by atoms with E-state index in [0.717, 1.165) is 39.7 Å². The number of hydrogen-bond donors (Lipinski definition) is 0. The SMILES string of the molecule is COc1ccc(OCCSc2nnc(CSc3ccccc3)n2-c2ccccc2)cc1. The van der Waals surface area contributed by atoms with Crippen LogP contribution in [-0.4, -0.2) is 34.2 Å². The molecule has 0 saturated heterocycles. The maximum Gasteiger partial charge on any atom is 0.195 e. The Kier molecular flexibility index (Phi) is 7.52. The summed E-state index contributed by atoms with van der Waals surface area (Å²) in [6.45, 7) is 0.576. The van der Waals surface area contributed by atoms with Crippen molar-refractivity contribution in [2.45, 2.75) is 15.8 Å². The summed E-state index contributed by atoms with van der Waals surface area (Å²) < 4.78 is 13.2. The van der Waals surface area contributed by atoms with Gasteiger partial charge in [0.1, 0.15) is 17.3 Å². The van der Waals surface area contributed by atoms with Gasteiger partial charge in [-0.25, -0.2) is 0 Å². The number of rotatable bonds is 10. The van der Waals surface area contributed by atoms with Gasteiger partial charge in [0.15, 0.2) is 5.16 Å². The second-order valence-electron chi connectivity index (χ2n) is 6.54. The number of thioether (sulfide) groups is 2. The van der Waals surface area contributed by atoms with Gasteiger partial charge in [-0.1, -0.05) is 48.2 Å². The molecule has 31 heavy (non-hydrogen) atoms. The van der Waals surface area contributed by atoms with E-state index in [1.807, 2.05) is 60.7 Å². The molecule has 0 N–H and O–H groups in total. The Labute approximate surface area is 190 Å². The molecule has 0 bridgehead atoms. The summed E-state index contributed by atoms with van der Waals surface area (Å²) in [6.07, 6.45) is 0. The molecule has 0 fully saturated rings. The third-order valence-corrected chi connectivity index (χ3v) is 6.37. The van der Waals surface area contributed by atoms with Crippen LogP contribution in [0.5, 0.6) is 11.5 Å². The Bertz CT molecular complexity index is 1070. The largest absolute Gasteiger partial charge is 0.497 e. The van der Waals surface area contributed by atoms with Crippen LogP contribution in [0.2, 0.25) is 0 Å². The highest BCUT2D eigenvalue weighted by atomic mass is 32.2. The van der Waals surface area contributed by atoms with Gasteiger partial charge in [0, 0.05) is 16.3 Å². The summed E-state index contributed by atoms with van der Waals surface area (Å²) in [6, 6.07) is 28.2. The average Bonchev–Trinajstić information content (AvgIpc) is 3.25. The summed E-state index contributed by atoms with van der Waals surface area (Å²) in [5.41, 5.74) is 1.06. The number of benzene rings is 3. The third-order valence-electron chi connectivity index (χ3n) is 4.47. The van der Waals surface area contributed by atoms with Gasteiger partial charge >= 0.3 is 0 Å². The first-order valence-corrected chi connectivity index (χ1v) is 11.9. The number of methoxy groups -OCH3 is 1. The lowest BCUT2D eigenvalue weighted by Crippen LogP contribution is -2.04. The van der Waals surface area contributed by atoms with E-state index >= 15 is 0 Å². The zero-order valence-corrected chi connectivity index (χ0v) is 18.8. The molecule has 1 heterocycles. The van der Waals surface area contributed by atoms with Gasteiger partial charge in [-0.2, -0.15) is 0 Å². The highest BCUT2D eigenvalue weighted by molar-refractivity contribution is 7.99. The lowest BCUT2D eigenvalue weighted by molar-refractivity contribution is 0.342. The summed E-state index contributed by atoms with van der Waals surface area (Å²) in [7, 11) is 1.65. The molecule has 0 aliphatic carbocycles. The van der Waals surface area contributed by atoms with Crippen LogP contribution in [-0.2, 0) is 5.75 Å². The van der Waals surface area contributed by atoms with Crippen LogP contribution in [0.1, 0.15) is 5.82 Å². The first-order valence-electron chi connectivity index (χ1n) is 9.91. The van der Waals surface area contributed by atoms with Crippen LogP contribution in [0.4, 0.5) is 0 Å². The van der Waals surface area contributed by atoms with Gasteiger partial charge in [0.25, 0.3) is 0 Å². The van der Waals surface area contributed by atoms with E-state index in [4.69, 9.17) is 9.47 Å². The topological polar surface area (TPSA) is 49.2 Å². The van der Waals surface area contributed by atoms with Crippen LogP contribution >= 0.6 is 23.5 Å². The first kappa shape index (κ1) is 21.3. The molecule has 0 aliphatic rings. The fourth-order valence-corrected chi connectivity index (χ4v) is 4.57. The van der Waals surface area contributed by atoms with Crippen LogP contribution in [0.3, 0.4) is 0 Å². The van der Waals surface area contributed by atoms with E-state index in [0.29, 0.717) is 6.61 Å². The molecule has 0 spiro atoms. The summed E-state index contributed by atoms with van der Waals surface area (Å²) >= 11 is 3.40. The number of hydrogen-bond acceptors (Lipinski definition) is 6. The van der Waals surface area contributed by atoms with E-state index in [-0.39, 0.29) is 0 Å². The maximum atomic E-state index is 5.85. The van der Waals surface area contributed by atoms with Crippen molar-refractivity contribution in [1.29, 1.82) is 0 Å². The molecule has 0 saturated carbocycles. The Hall–Kier alpha value is -2.90. The molecule has 0 aliphatic heterocycles. The Morgan fingerprint density at radius 1 is 0.774 bits per heavy atom. The van der Waals surface area contributed by atoms with Gasteiger partial charge in [0.2, 0.25) is 0 Å². The molecule has 7 heteroatoms. The standard InChI is InChI=1S/C24H23N3O2S2/c1-28-20-12-14-21(15-13-20)29-16-17-30-24-26-25-23(18-31-22-10-6-3-7-11-22)27(24)19-8-4-2-5-9-19/h2-15H,16-18H2,1H3. The monoisotopic (exact) mass is 449 g/mol. The van der Waals surface area contributed by atoms with Crippen molar-refractivity contribution >= 4 is 23.5 Å². The van der Waals surface area contributed by atoms with Crippen molar-refractivity contribution < 1.29 is 9.47 Å². The smallest absolute Gasteiger partial charge is 0.195 e. The fraction of sp³-hybridized carbons (Fsp3) is 0.167. The predicted octanol–water partition coefficient (Wildman–Crippen LogP) is 5.74. The zero-order valence-electron chi connectivity index (χ0n) is 17.2. The van der Waals surface area contributed by atoms with E-state index in [1.54, 1.807) is 30.6 Å². The highest BCUT2D eigenvalue weighted by Gasteiger charge is 2.14. The Balaban J connectivity index is 1.42. The van der Waals surface area contributed by atoms with Gasteiger partial charge in [-0.3, -0.25) is 4.57 Å². The van der Waals surface area contributed by atoms with Crippen LogP contribution in [0.15, 0.2) is 95.0 Å². The van der Waals surface area contributed by atoms with Crippen LogP contribution in [0, 0.1) is 0 Å². The fourth-order valence-electron chi connectivity index (χ4n) is 2.95. The predicted molar refractivity (Wildman–Crippen MR) is 127 cm³/mol. The van der Waals surface area contributed by atoms with Gasteiger partial charge in [-0.05, 0) is 48.5 Å². The summed E-state index contributed by atoms with van der Waals surface area (Å²) in [5.74, 6) is 4.08. The second kappa shape index (κ2) is 10.9. The van der Waals surface area contributed by atoms with E-state index < -0.39 is 0 Å². The van der Waals surface area contributed by atoms with Crippen molar-refractivity contribution in [3.05, 3.63) is 90.8 Å². The second-order valence-corrected chi connectivity index (χ2v) is 8.65. The molecule has 0 atom stereocenters. The van der Waals surface area contributed by atoms with Crippen LogP contribution < -0.4 is 9.47 Å². The lowest BCUT2D eigenvalue weighted by Gasteiger charge is -2.11. The minimum atomic E-state index is 0.576. The van der Waals surface area contributed by atoms with E-state index in [2.05, 4.69) is 39.0 Å². The van der Waals surface area contributed by atoms with Crippen LogP contribution in [0.25, 0.3) is 5.69 Å². The minimum absolute atomic E-state index is 0.576. The number of ether oxygens (including phenoxy) is 2. The summed E-state index contributed by atoms with van der Waals surface area (Å²) in [4.78, 5) is 1.22. The molecule has 1 aromatic heterocycles. The third kappa shape index (κ3) is 5.83. The normalized spacial score (nSPS) is 10.7. The van der Waals surface area contributed by atoms with Gasteiger partial charge < -0.3 is 9.47 Å². The first-order chi connectivity index (χ1) is 15.3. The average molecular weight is 450 g/mol. The van der Waals surface area contributed by atoms with E-state index in [9.17, 15) is 0 Å². The van der Waals surface area contributed by atoms with Crippen molar-refractivity contribution in [1.82, 2.24) is 14.8 Å². The molecule has 158 valence electrons. The number of aromatic nitrogens is 3. The molecule has 4 aromatic rings. The Morgan fingerprint density at radius 3 is 2.16 bits per heavy atom. The molecule has 0 radical (unpaired) electrons. The van der Waals surface area contributed by atoms with Crippen molar-refractivity contribution in [3.8, 4) is 17.2 Å². The van der Waals surface area contributed by atoms with Gasteiger partial charge in [0.05, 0.1) is 19.5 Å². The van der Waals surface area contributed by atoms with E-state index in [1.165, 1.54) is 4.90 Å². The maximum absolute atomic E-state index is 5.85. The number of nitrogens with zero attached hydrogens (tertiary/aromatic N) is 3. The molecule has 4 rings (SSSR count). The zero-order chi connectivity index (χ0) is 21.3. The molecule has 3 aromatic carbocycles. The highest BCUT2D eigenvalue weighted by Crippen LogP contribution is 2.27. The van der Waals surface area contributed by atoms with Crippen molar-refractivity contribution in [2.75, 3.05) is 19.5 Å². The molecular weight excluding hydrogens is 426 g/mol. The number of para-hydroxylation sites is 1. The summed E-state index contributed by atoms with van der Waals surface area (Å²) in [5, 5.41) is 9.81. The lowest BCUT2D eigenvalue weighted by atomic mass is 10.3.